The fourth-order valence-corrected chi connectivity index (χ4v) is 4.72. The van der Waals surface area contributed by atoms with E-state index in [4.69, 9.17) is 25.8 Å². The highest BCUT2D eigenvalue weighted by Crippen LogP contribution is 2.32. The second-order valence-electron chi connectivity index (χ2n) is 9.61. The van der Waals surface area contributed by atoms with E-state index < -0.39 is 17.5 Å². The van der Waals surface area contributed by atoms with Gasteiger partial charge in [-0.05, 0) is 52.9 Å². The van der Waals surface area contributed by atoms with E-state index in [1.54, 1.807) is 12.5 Å². The largest absolute Gasteiger partial charge is 0.416 e. The maximum atomic E-state index is 12.8. The first-order valence-electron chi connectivity index (χ1n) is 12.6. The third-order valence-electron chi connectivity index (χ3n) is 6.68. The van der Waals surface area contributed by atoms with Crippen molar-refractivity contribution in [3.8, 4) is 11.1 Å². The second-order valence-corrected chi connectivity index (χ2v) is 10.0. The van der Waals surface area contributed by atoms with Gasteiger partial charge in [-0.15, -0.1) is 0 Å². The van der Waals surface area contributed by atoms with E-state index in [-0.39, 0.29) is 6.10 Å². The topological polar surface area (TPSA) is 45.5 Å². The van der Waals surface area contributed by atoms with Crippen molar-refractivity contribution in [1.29, 1.82) is 0 Å². The molecule has 0 saturated carbocycles. The average Bonchev–Trinajstić information content (AvgIpc) is 3.59. The van der Waals surface area contributed by atoms with Crippen molar-refractivity contribution in [3.63, 3.8) is 0 Å². The Kier molecular flexibility index (Phi) is 8.37. The Labute approximate surface area is 230 Å². The number of hydrogen-bond donors (Lipinski definition) is 0. The number of hydrogen-bond acceptors (Lipinski definition) is 4. The zero-order valence-corrected chi connectivity index (χ0v) is 21.9. The summed E-state index contributed by atoms with van der Waals surface area (Å²) in [5.74, 6) is -0.794. The van der Waals surface area contributed by atoms with E-state index in [1.807, 2.05) is 59.3 Å². The molecule has 1 fully saturated rings. The summed E-state index contributed by atoms with van der Waals surface area (Å²) >= 11 is 6.02. The van der Waals surface area contributed by atoms with Crippen molar-refractivity contribution in [2.24, 2.45) is 0 Å². The molecular weight excluding hydrogens is 529 g/mol. The Morgan fingerprint density at radius 1 is 0.949 bits per heavy atom. The predicted octanol–water partition coefficient (Wildman–Crippen LogP) is 7.18. The minimum atomic E-state index is -4.34. The van der Waals surface area contributed by atoms with Gasteiger partial charge >= 0.3 is 6.18 Å². The number of halogens is 4. The van der Waals surface area contributed by atoms with Gasteiger partial charge < -0.3 is 18.8 Å². The molecule has 4 aromatic rings. The van der Waals surface area contributed by atoms with E-state index in [2.05, 4.69) is 4.98 Å². The minimum Gasteiger partial charge on any atom is -0.374 e. The molecule has 204 valence electrons. The van der Waals surface area contributed by atoms with Crippen LogP contribution < -0.4 is 0 Å². The molecule has 1 aliphatic heterocycles. The molecule has 0 N–H and O–H groups in total. The van der Waals surface area contributed by atoms with Gasteiger partial charge in [0, 0.05) is 23.8 Å². The summed E-state index contributed by atoms with van der Waals surface area (Å²) < 4.78 is 59.0. The van der Waals surface area contributed by atoms with Gasteiger partial charge in [-0.1, -0.05) is 60.1 Å². The van der Waals surface area contributed by atoms with Gasteiger partial charge in [0.1, 0.15) is 6.10 Å². The number of ether oxygens (including phenoxy) is 3. The Bertz CT molecular complexity index is 1330. The molecule has 2 atom stereocenters. The van der Waals surface area contributed by atoms with Crippen LogP contribution in [0, 0.1) is 0 Å². The number of benzene rings is 3. The van der Waals surface area contributed by atoms with E-state index in [0.717, 1.165) is 40.8 Å². The van der Waals surface area contributed by atoms with E-state index in [9.17, 15) is 13.2 Å². The molecule has 0 bridgehead atoms. The van der Waals surface area contributed by atoms with E-state index in [1.165, 1.54) is 12.1 Å². The number of imidazole rings is 1. The SMILES string of the molecule is FC(F)(F)c1ccc(-c2ccc(COCC3COC(CCc4ccc(Cl)cc4)(Cn4ccnc4)O3)cc2)cc1. The summed E-state index contributed by atoms with van der Waals surface area (Å²) in [7, 11) is 0. The highest BCUT2D eigenvalue weighted by Gasteiger charge is 2.41. The smallest absolute Gasteiger partial charge is 0.374 e. The fraction of sp³-hybridized carbons (Fsp3) is 0.300. The minimum absolute atomic E-state index is 0.217. The van der Waals surface area contributed by atoms with E-state index >= 15 is 0 Å². The molecule has 2 heterocycles. The molecule has 0 amide bonds. The van der Waals surface area contributed by atoms with Gasteiger partial charge in [-0.3, -0.25) is 0 Å². The molecule has 0 spiro atoms. The summed E-state index contributed by atoms with van der Waals surface area (Å²) in [6.45, 7) is 1.68. The van der Waals surface area contributed by atoms with Gasteiger partial charge in [0.15, 0.2) is 5.79 Å². The first-order valence-corrected chi connectivity index (χ1v) is 13.0. The fourth-order valence-electron chi connectivity index (χ4n) is 4.59. The molecule has 39 heavy (non-hydrogen) atoms. The third kappa shape index (κ3) is 7.28. The number of alkyl halides is 3. The van der Waals surface area contributed by atoms with Crippen molar-refractivity contribution in [3.05, 3.63) is 113 Å². The summed E-state index contributed by atoms with van der Waals surface area (Å²) in [4.78, 5) is 4.13. The van der Waals surface area contributed by atoms with Crippen molar-refractivity contribution < 1.29 is 27.4 Å². The van der Waals surface area contributed by atoms with Crippen LogP contribution in [-0.2, 0) is 40.0 Å². The molecule has 0 aliphatic carbocycles. The quantitative estimate of drug-likeness (QED) is 0.207. The summed E-state index contributed by atoms with van der Waals surface area (Å²) in [5, 5.41) is 0.701. The lowest BCUT2D eigenvalue weighted by molar-refractivity contribution is -0.187. The second kappa shape index (κ2) is 11.9. The van der Waals surface area contributed by atoms with Crippen LogP contribution in [0.3, 0.4) is 0 Å². The molecule has 5 nitrogen and oxygen atoms in total. The number of nitrogens with zero attached hydrogens (tertiary/aromatic N) is 2. The number of rotatable bonds is 10. The van der Waals surface area contributed by atoms with Gasteiger partial charge in [-0.2, -0.15) is 13.2 Å². The Balaban J connectivity index is 1.14. The lowest BCUT2D eigenvalue weighted by Crippen LogP contribution is -2.37. The van der Waals surface area contributed by atoms with Crippen LogP contribution in [-0.4, -0.2) is 34.7 Å². The first-order chi connectivity index (χ1) is 18.8. The maximum absolute atomic E-state index is 12.8. The van der Waals surface area contributed by atoms with Crippen LogP contribution >= 0.6 is 11.6 Å². The highest BCUT2D eigenvalue weighted by molar-refractivity contribution is 6.30. The van der Waals surface area contributed by atoms with Crippen molar-refractivity contribution in [2.75, 3.05) is 13.2 Å². The monoisotopic (exact) mass is 556 g/mol. The summed E-state index contributed by atoms with van der Waals surface area (Å²) in [6, 6.07) is 20.5. The maximum Gasteiger partial charge on any atom is 0.416 e. The van der Waals surface area contributed by atoms with Crippen LogP contribution in [0.5, 0.6) is 0 Å². The van der Waals surface area contributed by atoms with Crippen molar-refractivity contribution in [1.82, 2.24) is 9.55 Å². The van der Waals surface area contributed by atoms with Crippen molar-refractivity contribution in [2.45, 2.75) is 44.1 Å². The Morgan fingerprint density at radius 3 is 2.26 bits per heavy atom. The Morgan fingerprint density at radius 2 is 1.62 bits per heavy atom. The van der Waals surface area contributed by atoms with Gasteiger partial charge in [0.05, 0.1) is 38.3 Å². The lowest BCUT2D eigenvalue weighted by atomic mass is 10.0. The molecular formula is C30H28ClF3N2O3. The van der Waals surface area contributed by atoms with Crippen LogP contribution in [0.25, 0.3) is 11.1 Å². The lowest BCUT2D eigenvalue weighted by Gasteiger charge is -2.28. The van der Waals surface area contributed by atoms with Crippen LogP contribution in [0.15, 0.2) is 91.5 Å². The zero-order chi connectivity index (χ0) is 27.3. The molecule has 0 radical (unpaired) electrons. The predicted molar refractivity (Wildman–Crippen MR) is 142 cm³/mol. The molecule has 1 saturated heterocycles. The molecule has 5 rings (SSSR count). The van der Waals surface area contributed by atoms with Crippen LogP contribution in [0.2, 0.25) is 5.02 Å². The zero-order valence-electron chi connectivity index (χ0n) is 21.1. The average molecular weight is 557 g/mol. The molecule has 1 aromatic heterocycles. The third-order valence-corrected chi connectivity index (χ3v) is 6.93. The van der Waals surface area contributed by atoms with E-state index in [0.29, 0.717) is 37.8 Å². The normalized spacial score (nSPS) is 19.4. The summed E-state index contributed by atoms with van der Waals surface area (Å²) in [6.07, 6.45) is 2.23. The number of aryl methyl sites for hydroxylation is 1. The van der Waals surface area contributed by atoms with Crippen molar-refractivity contribution >= 4 is 11.6 Å². The van der Waals surface area contributed by atoms with Gasteiger partial charge in [0.25, 0.3) is 0 Å². The highest BCUT2D eigenvalue weighted by atomic mass is 35.5. The van der Waals surface area contributed by atoms with Gasteiger partial charge in [-0.25, -0.2) is 4.98 Å². The molecule has 9 heteroatoms. The molecule has 3 aromatic carbocycles. The van der Waals surface area contributed by atoms with Crippen LogP contribution in [0.4, 0.5) is 13.2 Å². The van der Waals surface area contributed by atoms with Crippen LogP contribution in [0.1, 0.15) is 23.1 Å². The Hall–Kier alpha value is -3.17. The molecule has 1 aliphatic rings. The standard InChI is InChI=1S/C30H28ClF3N2O3/c31-27-11-3-22(4-12-27)13-14-29(20-36-16-15-35-21-36)38-19-28(39-29)18-37-17-23-1-5-24(6-2-23)25-7-9-26(10-8-25)30(32,33)34/h1-12,15-16,21,28H,13-14,17-20H2. The first kappa shape index (κ1) is 27.4. The summed E-state index contributed by atoms with van der Waals surface area (Å²) in [5.41, 5.74) is 3.01. The van der Waals surface area contributed by atoms with Gasteiger partial charge in [0.2, 0.25) is 0 Å². The number of aromatic nitrogens is 2. The molecule has 2 unspecified atom stereocenters.